The van der Waals surface area contributed by atoms with Crippen molar-refractivity contribution in [1.82, 2.24) is 0 Å². The van der Waals surface area contributed by atoms with Crippen LogP contribution in [0.4, 0.5) is 0 Å². The van der Waals surface area contributed by atoms with E-state index in [1.54, 1.807) is 0 Å². The first-order valence-electron chi connectivity index (χ1n) is 1.51. The molecule has 0 atom stereocenters. The molecule has 0 rings (SSSR count). The third-order valence-electron chi connectivity index (χ3n) is 0.197. The van der Waals surface area contributed by atoms with E-state index in [0.29, 0.717) is 0 Å². The van der Waals surface area contributed by atoms with Gasteiger partial charge in [0.2, 0.25) is 0 Å². The molecule has 0 aromatic heterocycles. The van der Waals surface area contributed by atoms with Gasteiger partial charge in [-0.3, -0.25) is 0 Å². The Morgan fingerprint density at radius 3 is 2.57 bits per heavy atom. The summed E-state index contributed by atoms with van der Waals surface area (Å²) in [7, 11) is 1.24. The summed E-state index contributed by atoms with van der Waals surface area (Å²) in [6.45, 7) is -0.566. The third-order valence-corrected chi connectivity index (χ3v) is 0.197. The average molecular weight is 110 g/mol. The highest BCUT2D eigenvalue weighted by Gasteiger charge is 1.79. The highest BCUT2D eigenvalue weighted by Crippen LogP contribution is 1.76. The molecule has 0 bridgehead atoms. The zero-order valence-electron chi connectivity index (χ0n) is 3.79. The predicted octanol–water partition coefficient (Wildman–Crippen LogP) is -0.623. The fourth-order valence-corrected chi connectivity index (χ4v) is 0.0689. The molecule has 1 N–H and O–H groups in total. The highest BCUT2D eigenvalue weighted by atomic mass is 17.7. The van der Waals surface area contributed by atoms with Crippen LogP contribution >= 0.6 is 0 Å². The maximum absolute atomic E-state index is 7.81. The van der Waals surface area contributed by atoms with Gasteiger partial charge in [-0.25, -0.2) is 4.89 Å². The van der Waals surface area contributed by atoms with E-state index < -0.39 is 6.79 Å². The van der Waals surface area contributed by atoms with Crippen LogP contribution in [0, 0.1) is 0 Å². The van der Waals surface area contributed by atoms with Gasteiger partial charge in [-0.05, 0) is 10.1 Å². The van der Waals surface area contributed by atoms with Gasteiger partial charge in [0.15, 0.2) is 6.79 Å². The lowest BCUT2D eigenvalue weighted by Crippen LogP contribution is -1.95. The Kier molecular flexibility index (Phi) is 5.63. The van der Waals surface area contributed by atoms with E-state index >= 15 is 0 Å². The number of aliphatic hydroxyl groups is 1. The van der Waals surface area contributed by atoms with Crippen LogP contribution < -0.4 is 0 Å². The van der Waals surface area contributed by atoms with E-state index in [2.05, 4.69) is 19.9 Å². The molecule has 44 valence electrons. The summed E-state index contributed by atoms with van der Waals surface area (Å²) in [5.74, 6) is 0. The van der Waals surface area contributed by atoms with Crippen LogP contribution in [0.2, 0.25) is 0 Å². The van der Waals surface area contributed by atoms with Crippen LogP contribution in [0.15, 0.2) is 0 Å². The fraction of sp³-hybridized carbons (Fsp3) is 1.00. The minimum Gasteiger partial charge on any atom is -0.368 e. The number of aliphatic hydroxyl groups excluding tert-OH is 1. The second kappa shape index (κ2) is 5.80. The van der Waals surface area contributed by atoms with Gasteiger partial charge in [0, 0.05) is 0 Å². The minimum absolute atomic E-state index is 0.566. The van der Waals surface area contributed by atoms with Crippen LogP contribution in [-0.2, 0) is 19.9 Å². The summed E-state index contributed by atoms with van der Waals surface area (Å²) in [4.78, 5) is 7.67. The maximum atomic E-state index is 7.81. The summed E-state index contributed by atoms with van der Waals surface area (Å²) in [5, 5.41) is 15.2. The van der Waals surface area contributed by atoms with Gasteiger partial charge >= 0.3 is 0 Å². The average Bonchev–Trinajstić information content (AvgIpc) is 1.69. The molecule has 0 aromatic carbocycles. The first-order valence-corrected chi connectivity index (χ1v) is 1.51. The second-order valence-electron chi connectivity index (χ2n) is 0.550. The van der Waals surface area contributed by atoms with Crippen molar-refractivity contribution in [3.63, 3.8) is 0 Å². The van der Waals surface area contributed by atoms with E-state index in [0.717, 1.165) is 0 Å². The van der Waals surface area contributed by atoms with Gasteiger partial charge in [0.05, 0.1) is 7.11 Å². The quantitative estimate of drug-likeness (QED) is 0.226. The molecule has 0 radical (unpaired) electrons. The van der Waals surface area contributed by atoms with Crippen LogP contribution in [-0.4, -0.2) is 19.0 Å². The smallest absolute Gasteiger partial charge is 0.181 e. The molecule has 0 unspecified atom stereocenters. The summed E-state index contributed by atoms with van der Waals surface area (Å²) >= 11 is 0. The van der Waals surface area contributed by atoms with Gasteiger partial charge in [-0.15, -0.1) is 0 Å². The van der Waals surface area contributed by atoms with Crippen molar-refractivity contribution >= 4 is 0 Å². The molecule has 0 fully saturated rings. The van der Waals surface area contributed by atoms with Crippen molar-refractivity contribution < 1.29 is 25.0 Å². The highest BCUT2D eigenvalue weighted by molar-refractivity contribution is 3.61. The van der Waals surface area contributed by atoms with Gasteiger partial charge in [0.25, 0.3) is 0 Å². The molecular weight excluding hydrogens is 104 g/mol. The molecule has 5 heteroatoms. The molecule has 0 saturated carbocycles. The van der Waals surface area contributed by atoms with Gasteiger partial charge < -0.3 is 5.11 Å². The van der Waals surface area contributed by atoms with Crippen molar-refractivity contribution in [2.24, 2.45) is 0 Å². The third kappa shape index (κ3) is 5.80. The van der Waals surface area contributed by atoms with Gasteiger partial charge in [0.1, 0.15) is 0 Å². The summed E-state index contributed by atoms with van der Waals surface area (Å²) in [5.41, 5.74) is 0. The van der Waals surface area contributed by atoms with Gasteiger partial charge in [-0.1, -0.05) is 0 Å². The van der Waals surface area contributed by atoms with Crippen molar-refractivity contribution in [1.29, 1.82) is 0 Å². The number of rotatable bonds is 4. The first-order chi connectivity index (χ1) is 3.41. The maximum Gasteiger partial charge on any atom is 0.181 e. The molecule has 0 spiro atoms. The van der Waals surface area contributed by atoms with Crippen molar-refractivity contribution in [3.8, 4) is 0 Å². The minimum atomic E-state index is -0.566. The van der Waals surface area contributed by atoms with E-state index in [9.17, 15) is 0 Å². The Balaban J connectivity index is 2.45. The summed E-state index contributed by atoms with van der Waals surface area (Å²) < 4.78 is 0. The SMILES string of the molecule is COOOOCO. The van der Waals surface area contributed by atoms with Crippen LogP contribution in [0.5, 0.6) is 0 Å². The number of hydrogen-bond donors (Lipinski definition) is 1. The molecule has 0 saturated heterocycles. The summed E-state index contributed by atoms with van der Waals surface area (Å²) in [6, 6.07) is 0. The molecule has 0 aromatic rings. The molecule has 0 aliphatic carbocycles. The van der Waals surface area contributed by atoms with Crippen molar-refractivity contribution in [2.45, 2.75) is 0 Å². The number of hydrogen-bond acceptors (Lipinski definition) is 5. The zero-order valence-corrected chi connectivity index (χ0v) is 3.79. The fourth-order valence-electron chi connectivity index (χ4n) is 0.0689. The Bertz CT molecular complexity index is 25.3. The van der Waals surface area contributed by atoms with Crippen molar-refractivity contribution in [3.05, 3.63) is 0 Å². The summed E-state index contributed by atoms with van der Waals surface area (Å²) in [6.07, 6.45) is 0. The first kappa shape index (κ1) is 6.80. The molecule has 0 heterocycles. The Labute approximate surface area is 40.1 Å². The van der Waals surface area contributed by atoms with Crippen LogP contribution in [0.3, 0.4) is 0 Å². The molecule has 0 amide bonds. The molecular formula is C2H6O5. The lowest BCUT2D eigenvalue weighted by molar-refractivity contribution is -0.635. The molecule has 5 nitrogen and oxygen atoms in total. The van der Waals surface area contributed by atoms with E-state index in [1.165, 1.54) is 7.11 Å². The Morgan fingerprint density at radius 2 is 2.14 bits per heavy atom. The van der Waals surface area contributed by atoms with Crippen LogP contribution in [0.25, 0.3) is 0 Å². The van der Waals surface area contributed by atoms with E-state index in [4.69, 9.17) is 5.11 Å². The van der Waals surface area contributed by atoms with E-state index in [1.807, 2.05) is 0 Å². The largest absolute Gasteiger partial charge is 0.368 e. The van der Waals surface area contributed by atoms with E-state index in [-0.39, 0.29) is 0 Å². The van der Waals surface area contributed by atoms with Crippen molar-refractivity contribution in [2.75, 3.05) is 13.9 Å². The molecule has 0 aliphatic rings. The lowest BCUT2D eigenvalue weighted by atomic mass is 11.5. The Morgan fingerprint density at radius 1 is 1.43 bits per heavy atom. The normalized spacial score (nSPS) is 9.43. The Hall–Kier alpha value is -0.200. The lowest BCUT2D eigenvalue weighted by Gasteiger charge is -1.92. The van der Waals surface area contributed by atoms with Crippen LogP contribution in [0.1, 0.15) is 0 Å². The molecule has 7 heavy (non-hydrogen) atoms. The monoisotopic (exact) mass is 110 g/mol. The standard InChI is InChI=1S/C2H6O5/c1-4-6-7-5-2-3/h3H,2H2,1H3. The second-order valence-corrected chi connectivity index (χ2v) is 0.550. The topological polar surface area (TPSA) is 57.2 Å². The van der Waals surface area contributed by atoms with Gasteiger partial charge in [-0.2, -0.15) is 4.89 Å². The zero-order chi connectivity index (χ0) is 5.54. The molecule has 0 aliphatic heterocycles. The predicted molar refractivity (Wildman–Crippen MR) is 17.3 cm³/mol.